The number of rotatable bonds is 5. The number of furan rings is 1. The smallest absolute Gasteiger partial charge is 0.371 e. The highest BCUT2D eigenvalue weighted by atomic mass is 16.6. The van der Waals surface area contributed by atoms with E-state index in [2.05, 4.69) is 9.97 Å². The molecule has 1 aliphatic carbocycles. The highest BCUT2D eigenvalue weighted by Gasteiger charge is 2.24. The lowest BCUT2D eigenvalue weighted by Gasteiger charge is -2.10. The van der Waals surface area contributed by atoms with Crippen LogP contribution in [-0.4, -0.2) is 30.8 Å². The Morgan fingerprint density at radius 1 is 1.13 bits per heavy atom. The van der Waals surface area contributed by atoms with Crippen LogP contribution in [0, 0.1) is 0 Å². The lowest BCUT2D eigenvalue weighted by atomic mass is 10.1. The van der Waals surface area contributed by atoms with Crippen LogP contribution in [0.2, 0.25) is 0 Å². The molecule has 3 heterocycles. The van der Waals surface area contributed by atoms with Crippen LogP contribution in [0.25, 0.3) is 22.3 Å². The molecule has 5 rings (SSSR count). The van der Waals surface area contributed by atoms with Gasteiger partial charge in [-0.2, -0.15) is 5.10 Å². The third-order valence-corrected chi connectivity index (χ3v) is 5.33. The first kappa shape index (κ1) is 18.2. The lowest BCUT2D eigenvalue weighted by molar-refractivity contribution is 0.0657. The molecule has 1 aromatic carbocycles. The van der Waals surface area contributed by atoms with E-state index in [9.17, 15) is 4.79 Å². The maximum Gasteiger partial charge on any atom is 0.371 e. The van der Waals surface area contributed by atoms with Gasteiger partial charge in [0.25, 0.3) is 5.95 Å². The monoisotopic (exact) mass is 405 g/mol. The van der Waals surface area contributed by atoms with Crippen molar-refractivity contribution >= 4 is 22.8 Å². The van der Waals surface area contributed by atoms with Crippen molar-refractivity contribution < 1.29 is 19.1 Å². The van der Waals surface area contributed by atoms with Crippen LogP contribution in [0.1, 0.15) is 42.3 Å². The molecule has 0 bridgehead atoms. The number of carboxylic acids is 1. The Balaban J connectivity index is 1.48. The van der Waals surface area contributed by atoms with Crippen molar-refractivity contribution in [2.75, 3.05) is 5.73 Å². The Kier molecular flexibility index (Phi) is 4.35. The van der Waals surface area contributed by atoms with Crippen molar-refractivity contribution in [2.24, 2.45) is 0 Å². The quantitative estimate of drug-likeness (QED) is 0.503. The largest absolute Gasteiger partial charge is 0.475 e. The molecule has 4 aromatic rings. The van der Waals surface area contributed by atoms with Gasteiger partial charge < -0.3 is 20.0 Å². The number of carbonyl (C=O) groups is 1. The van der Waals surface area contributed by atoms with Crippen molar-refractivity contribution in [2.45, 2.75) is 31.7 Å². The van der Waals surface area contributed by atoms with Crippen molar-refractivity contribution in [3.63, 3.8) is 0 Å². The Morgan fingerprint density at radius 2 is 1.90 bits per heavy atom. The zero-order valence-electron chi connectivity index (χ0n) is 16.0. The zero-order valence-corrected chi connectivity index (χ0v) is 16.0. The van der Waals surface area contributed by atoms with Crippen LogP contribution >= 0.6 is 0 Å². The fourth-order valence-electron chi connectivity index (χ4n) is 3.89. The van der Waals surface area contributed by atoms with Gasteiger partial charge >= 0.3 is 5.97 Å². The first-order chi connectivity index (χ1) is 14.6. The molecule has 0 saturated heterocycles. The molecule has 0 unspecified atom stereocenters. The number of aromatic nitrogens is 4. The second kappa shape index (κ2) is 7.18. The summed E-state index contributed by atoms with van der Waals surface area (Å²) in [7, 11) is 0. The number of benzene rings is 1. The fraction of sp³-hybridized carbons (Fsp3) is 0.238. The second-order valence-corrected chi connectivity index (χ2v) is 7.24. The number of nitrogen functional groups attached to an aromatic ring is 1. The van der Waals surface area contributed by atoms with Crippen LogP contribution in [-0.2, 0) is 0 Å². The Labute approximate surface area is 171 Å². The average molecular weight is 405 g/mol. The Hall–Kier alpha value is -3.88. The molecule has 9 nitrogen and oxygen atoms in total. The molecule has 0 amide bonds. The van der Waals surface area contributed by atoms with E-state index in [0.29, 0.717) is 17.6 Å². The van der Waals surface area contributed by atoms with E-state index in [0.717, 1.165) is 35.1 Å². The minimum atomic E-state index is -1.15. The van der Waals surface area contributed by atoms with E-state index in [1.54, 1.807) is 12.1 Å². The average Bonchev–Trinajstić information content (AvgIpc) is 3.48. The van der Waals surface area contributed by atoms with Gasteiger partial charge in [-0.05, 0) is 43.2 Å². The normalized spacial score (nSPS) is 14.4. The van der Waals surface area contributed by atoms with E-state index >= 15 is 0 Å². The molecule has 0 aliphatic heterocycles. The number of fused-ring (bicyclic) bond motifs is 1. The molecule has 1 fully saturated rings. The molecule has 30 heavy (non-hydrogen) atoms. The number of ether oxygens (including phenoxy) is 1. The number of hydrogen-bond donors (Lipinski definition) is 2. The molecular formula is C21H19N5O4. The minimum Gasteiger partial charge on any atom is -0.475 e. The van der Waals surface area contributed by atoms with Crippen molar-refractivity contribution in [3.05, 3.63) is 48.5 Å². The van der Waals surface area contributed by atoms with Gasteiger partial charge in [0.15, 0.2) is 5.65 Å². The summed E-state index contributed by atoms with van der Waals surface area (Å²) < 4.78 is 12.7. The van der Waals surface area contributed by atoms with Crippen molar-refractivity contribution in [3.8, 4) is 23.0 Å². The highest BCUT2D eigenvalue weighted by molar-refractivity contribution is 5.98. The summed E-state index contributed by atoms with van der Waals surface area (Å²) in [5, 5.41) is 14.5. The minimum absolute atomic E-state index is 0.105. The fourth-order valence-corrected chi connectivity index (χ4v) is 3.89. The molecule has 152 valence electrons. The molecule has 0 radical (unpaired) electrons. The maximum absolute atomic E-state index is 10.9. The first-order valence-electron chi connectivity index (χ1n) is 9.70. The van der Waals surface area contributed by atoms with Gasteiger partial charge in [0, 0.05) is 11.6 Å². The summed E-state index contributed by atoms with van der Waals surface area (Å²) in [6.45, 7) is 0. The molecule has 1 aliphatic rings. The summed E-state index contributed by atoms with van der Waals surface area (Å²) in [5.41, 5.74) is 8.51. The van der Waals surface area contributed by atoms with Crippen LogP contribution in [0.5, 0.6) is 11.7 Å². The first-order valence-corrected chi connectivity index (χ1v) is 9.70. The molecule has 1 saturated carbocycles. The molecule has 0 spiro atoms. The number of nitrogens with two attached hydrogens (primary N) is 1. The molecule has 9 heteroatoms. The van der Waals surface area contributed by atoms with Gasteiger partial charge in [0.2, 0.25) is 5.76 Å². The van der Waals surface area contributed by atoms with Crippen LogP contribution in [0.4, 0.5) is 5.82 Å². The Morgan fingerprint density at radius 3 is 2.60 bits per heavy atom. The molecule has 3 aromatic heterocycles. The standard InChI is InChI=1S/C21H19N5O4/c22-19-17-18(25-26(13-3-1-2-4-13)20(17)24-11-23-19)12-5-7-14(8-6-12)29-16-10-9-15(30-16)21(27)28/h5-11,13H,1-4H2,(H,27,28)(H2,22,23,24). The predicted molar refractivity (Wildman–Crippen MR) is 108 cm³/mol. The summed E-state index contributed by atoms with van der Waals surface area (Å²) >= 11 is 0. The van der Waals surface area contributed by atoms with Gasteiger partial charge in [0.1, 0.15) is 23.6 Å². The third kappa shape index (κ3) is 3.14. The van der Waals surface area contributed by atoms with Gasteiger partial charge in [0.05, 0.1) is 11.4 Å². The van der Waals surface area contributed by atoms with Crippen LogP contribution in [0.3, 0.4) is 0 Å². The summed E-state index contributed by atoms with van der Waals surface area (Å²) in [6.07, 6.45) is 6.00. The zero-order chi connectivity index (χ0) is 20.7. The second-order valence-electron chi connectivity index (χ2n) is 7.24. The van der Waals surface area contributed by atoms with E-state index in [1.165, 1.54) is 31.3 Å². The molecular weight excluding hydrogens is 386 g/mol. The lowest BCUT2D eigenvalue weighted by Crippen LogP contribution is -2.07. The predicted octanol–water partition coefficient (Wildman–Crippen LogP) is 4.27. The van der Waals surface area contributed by atoms with E-state index in [1.807, 2.05) is 16.8 Å². The molecule has 0 atom stereocenters. The summed E-state index contributed by atoms with van der Waals surface area (Å²) in [6, 6.07) is 10.4. The number of hydrogen-bond acceptors (Lipinski definition) is 7. The van der Waals surface area contributed by atoms with Gasteiger partial charge in [-0.15, -0.1) is 0 Å². The van der Waals surface area contributed by atoms with Gasteiger partial charge in [-0.25, -0.2) is 19.4 Å². The van der Waals surface area contributed by atoms with Crippen LogP contribution in [0.15, 0.2) is 47.1 Å². The number of nitrogens with zero attached hydrogens (tertiary/aromatic N) is 4. The topological polar surface area (TPSA) is 129 Å². The van der Waals surface area contributed by atoms with Crippen LogP contribution < -0.4 is 10.5 Å². The van der Waals surface area contributed by atoms with Crippen molar-refractivity contribution in [1.82, 2.24) is 19.7 Å². The van der Waals surface area contributed by atoms with Gasteiger partial charge in [-0.3, -0.25) is 0 Å². The Bertz CT molecular complexity index is 1220. The third-order valence-electron chi connectivity index (χ3n) is 5.33. The summed E-state index contributed by atoms with van der Waals surface area (Å²) in [4.78, 5) is 19.5. The van der Waals surface area contributed by atoms with E-state index in [4.69, 9.17) is 25.1 Å². The molecule has 3 N–H and O–H groups in total. The summed E-state index contributed by atoms with van der Waals surface area (Å²) in [5.74, 6) is -0.315. The SMILES string of the molecule is Nc1ncnc2c1c(-c1ccc(Oc3ccc(C(=O)O)o3)cc1)nn2C1CCCC1. The number of carboxylic acid groups (broad SMARTS) is 1. The number of anilines is 1. The van der Waals surface area contributed by atoms with Crippen molar-refractivity contribution in [1.29, 1.82) is 0 Å². The maximum atomic E-state index is 10.9. The van der Waals surface area contributed by atoms with E-state index < -0.39 is 5.97 Å². The van der Waals surface area contributed by atoms with E-state index in [-0.39, 0.29) is 11.7 Å². The highest BCUT2D eigenvalue weighted by Crippen LogP contribution is 2.37. The number of aromatic carboxylic acids is 1. The van der Waals surface area contributed by atoms with Gasteiger partial charge in [-0.1, -0.05) is 12.8 Å².